The zero-order valence-electron chi connectivity index (χ0n) is 16.1. The van der Waals surface area contributed by atoms with Crippen LogP contribution in [0.3, 0.4) is 0 Å². The van der Waals surface area contributed by atoms with Crippen LogP contribution >= 0.6 is 0 Å². The van der Waals surface area contributed by atoms with E-state index >= 15 is 0 Å². The Morgan fingerprint density at radius 2 is 1.67 bits per heavy atom. The molecule has 2 atom stereocenters. The minimum absolute atomic E-state index is 0.0989. The second-order valence-electron chi connectivity index (χ2n) is 7.91. The van der Waals surface area contributed by atoms with Crippen LogP contribution in [0.1, 0.15) is 45.4 Å². The average molecular weight is 397 g/mol. The Balaban J connectivity index is 1.61. The Morgan fingerprint density at radius 1 is 1.07 bits per heavy atom. The molecule has 27 heavy (non-hydrogen) atoms. The van der Waals surface area contributed by atoms with Crippen LogP contribution < -0.4 is 0 Å². The number of benzene rings is 1. The van der Waals surface area contributed by atoms with Gasteiger partial charge in [-0.2, -0.15) is 4.31 Å². The SMILES string of the molecule is CC1CCCCC1N(C)C(=O)C1CCN(S(=O)(=O)c2ccc(F)cc2)CC1. The lowest BCUT2D eigenvalue weighted by molar-refractivity contribution is -0.139. The lowest BCUT2D eigenvalue weighted by atomic mass is 9.84. The average Bonchev–Trinajstić information content (AvgIpc) is 2.68. The monoisotopic (exact) mass is 396 g/mol. The van der Waals surface area contributed by atoms with Crippen LogP contribution in [0.2, 0.25) is 0 Å². The first kappa shape index (κ1) is 20.3. The summed E-state index contributed by atoms with van der Waals surface area (Å²) in [6.07, 6.45) is 5.69. The number of hydrogen-bond donors (Lipinski definition) is 0. The molecule has 5 nitrogen and oxygen atoms in total. The zero-order valence-corrected chi connectivity index (χ0v) is 16.9. The van der Waals surface area contributed by atoms with Gasteiger partial charge >= 0.3 is 0 Å². The van der Waals surface area contributed by atoms with E-state index in [9.17, 15) is 17.6 Å². The van der Waals surface area contributed by atoms with Gasteiger partial charge in [0.15, 0.2) is 0 Å². The summed E-state index contributed by atoms with van der Waals surface area (Å²) in [7, 11) is -1.74. The van der Waals surface area contributed by atoms with Crippen LogP contribution in [0.5, 0.6) is 0 Å². The van der Waals surface area contributed by atoms with E-state index < -0.39 is 15.8 Å². The Kier molecular flexibility index (Phi) is 6.21. The number of halogens is 1. The van der Waals surface area contributed by atoms with Crippen LogP contribution in [-0.4, -0.2) is 49.7 Å². The van der Waals surface area contributed by atoms with Crippen LogP contribution in [0.15, 0.2) is 29.2 Å². The fraction of sp³-hybridized carbons (Fsp3) is 0.650. The molecule has 1 saturated heterocycles. The molecule has 1 saturated carbocycles. The molecule has 1 amide bonds. The molecule has 1 aromatic rings. The van der Waals surface area contributed by atoms with Gasteiger partial charge in [0.25, 0.3) is 0 Å². The molecule has 0 bridgehead atoms. The van der Waals surface area contributed by atoms with E-state index in [1.807, 2.05) is 11.9 Å². The second kappa shape index (κ2) is 8.27. The minimum atomic E-state index is -3.64. The molecule has 0 aromatic heterocycles. The molecule has 0 N–H and O–H groups in total. The first-order chi connectivity index (χ1) is 12.8. The zero-order chi connectivity index (χ0) is 19.6. The topological polar surface area (TPSA) is 57.7 Å². The Bertz CT molecular complexity index is 758. The summed E-state index contributed by atoms with van der Waals surface area (Å²) in [6, 6.07) is 5.19. The van der Waals surface area contributed by atoms with Crippen LogP contribution in [0.4, 0.5) is 4.39 Å². The maximum atomic E-state index is 13.1. The molecule has 2 fully saturated rings. The highest BCUT2D eigenvalue weighted by Crippen LogP contribution is 2.30. The van der Waals surface area contributed by atoms with Gasteiger partial charge in [0, 0.05) is 32.1 Å². The summed E-state index contributed by atoms with van der Waals surface area (Å²) >= 11 is 0. The van der Waals surface area contributed by atoms with Crippen molar-refractivity contribution in [2.45, 2.75) is 56.4 Å². The predicted octanol–water partition coefficient (Wildman–Crippen LogP) is 3.26. The quantitative estimate of drug-likeness (QED) is 0.785. The summed E-state index contributed by atoms with van der Waals surface area (Å²) in [5.74, 6) is 0.0845. The lowest BCUT2D eigenvalue weighted by Gasteiger charge is -2.39. The van der Waals surface area contributed by atoms with Gasteiger partial charge in [0.2, 0.25) is 15.9 Å². The predicted molar refractivity (Wildman–Crippen MR) is 102 cm³/mol. The molecular weight excluding hydrogens is 367 g/mol. The molecule has 2 aliphatic rings. The molecule has 7 heteroatoms. The highest BCUT2D eigenvalue weighted by atomic mass is 32.2. The summed E-state index contributed by atoms with van der Waals surface area (Å²) in [5.41, 5.74) is 0. The summed E-state index contributed by atoms with van der Waals surface area (Å²) in [5, 5.41) is 0. The van der Waals surface area contributed by atoms with Gasteiger partial charge in [-0.25, -0.2) is 12.8 Å². The first-order valence-corrected chi connectivity index (χ1v) is 11.3. The third-order valence-corrected chi connectivity index (χ3v) is 8.08. The minimum Gasteiger partial charge on any atom is -0.342 e. The standard InChI is InChI=1S/C20H29FN2O3S/c1-15-5-3-4-6-19(15)22(2)20(24)16-11-13-23(14-12-16)27(25,26)18-9-7-17(21)8-10-18/h7-10,15-16,19H,3-6,11-14H2,1-2H3. The largest absolute Gasteiger partial charge is 0.342 e. The van der Waals surface area contributed by atoms with E-state index in [0.29, 0.717) is 37.9 Å². The maximum Gasteiger partial charge on any atom is 0.243 e. The molecule has 150 valence electrons. The second-order valence-corrected chi connectivity index (χ2v) is 9.85. The van der Waals surface area contributed by atoms with Crippen molar-refractivity contribution in [1.82, 2.24) is 9.21 Å². The molecule has 0 spiro atoms. The van der Waals surface area contributed by atoms with Gasteiger partial charge < -0.3 is 4.90 Å². The number of carbonyl (C=O) groups is 1. The van der Waals surface area contributed by atoms with Crippen molar-refractivity contribution >= 4 is 15.9 Å². The van der Waals surface area contributed by atoms with Gasteiger partial charge in [-0.1, -0.05) is 19.8 Å². The van der Waals surface area contributed by atoms with Gasteiger partial charge in [-0.05, 0) is 55.9 Å². The van der Waals surface area contributed by atoms with Crippen LogP contribution in [0.25, 0.3) is 0 Å². The third kappa shape index (κ3) is 4.35. The maximum absolute atomic E-state index is 13.1. The molecule has 1 aliphatic carbocycles. The van der Waals surface area contributed by atoms with Gasteiger partial charge in [0.05, 0.1) is 4.90 Å². The molecule has 1 heterocycles. The molecule has 0 radical (unpaired) electrons. The van der Waals surface area contributed by atoms with Crippen LogP contribution in [-0.2, 0) is 14.8 Å². The van der Waals surface area contributed by atoms with Gasteiger partial charge in [-0.15, -0.1) is 0 Å². The van der Waals surface area contributed by atoms with E-state index in [-0.39, 0.29) is 16.7 Å². The number of carbonyl (C=O) groups excluding carboxylic acids is 1. The number of nitrogens with zero attached hydrogens (tertiary/aromatic N) is 2. The number of piperidine rings is 1. The summed E-state index contributed by atoms with van der Waals surface area (Å²) in [4.78, 5) is 14.9. The summed E-state index contributed by atoms with van der Waals surface area (Å²) in [6.45, 7) is 2.86. The normalized spacial score (nSPS) is 25.3. The number of hydrogen-bond acceptors (Lipinski definition) is 3. The van der Waals surface area contributed by atoms with E-state index in [1.165, 1.54) is 29.3 Å². The van der Waals surface area contributed by atoms with Crippen molar-refractivity contribution in [3.05, 3.63) is 30.1 Å². The Labute approximate surface area is 161 Å². The first-order valence-electron chi connectivity index (χ1n) is 9.83. The van der Waals surface area contributed by atoms with E-state index in [2.05, 4.69) is 6.92 Å². The smallest absolute Gasteiger partial charge is 0.243 e. The van der Waals surface area contributed by atoms with Crippen molar-refractivity contribution in [3.8, 4) is 0 Å². The molecular formula is C20H29FN2O3S. The highest BCUT2D eigenvalue weighted by molar-refractivity contribution is 7.89. The number of rotatable bonds is 4. The van der Waals surface area contributed by atoms with Crippen molar-refractivity contribution < 1.29 is 17.6 Å². The number of sulfonamides is 1. The van der Waals surface area contributed by atoms with Gasteiger partial charge in [0.1, 0.15) is 5.82 Å². The summed E-state index contributed by atoms with van der Waals surface area (Å²) < 4.78 is 39.9. The fourth-order valence-corrected chi connectivity index (χ4v) is 5.89. The van der Waals surface area contributed by atoms with Crippen LogP contribution in [0, 0.1) is 17.7 Å². The molecule has 1 aromatic carbocycles. The molecule has 2 unspecified atom stereocenters. The Hall–Kier alpha value is -1.47. The number of amides is 1. The van der Waals surface area contributed by atoms with E-state index in [4.69, 9.17) is 0 Å². The Morgan fingerprint density at radius 3 is 2.26 bits per heavy atom. The highest BCUT2D eigenvalue weighted by Gasteiger charge is 2.36. The van der Waals surface area contributed by atoms with Crippen molar-refractivity contribution in [2.24, 2.45) is 11.8 Å². The van der Waals surface area contributed by atoms with Crippen molar-refractivity contribution in [1.29, 1.82) is 0 Å². The molecule has 1 aliphatic heterocycles. The van der Waals surface area contributed by atoms with Crippen molar-refractivity contribution in [2.75, 3.05) is 20.1 Å². The lowest BCUT2D eigenvalue weighted by Crippen LogP contribution is -2.48. The van der Waals surface area contributed by atoms with Gasteiger partial charge in [-0.3, -0.25) is 4.79 Å². The van der Waals surface area contributed by atoms with E-state index in [1.54, 1.807) is 0 Å². The van der Waals surface area contributed by atoms with E-state index in [0.717, 1.165) is 25.0 Å². The third-order valence-electron chi connectivity index (χ3n) is 6.17. The fourth-order valence-electron chi connectivity index (χ4n) is 4.42. The molecule has 3 rings (SSSR count). The van der Waals surface area contributed by atoms with Crippen molar-refractivity contribution in [3.63, 3.8) is 0 Å².